The Hall–Kier alpha value is -0.850. The van der Waals surface area contributed by atoms with Crippen molar-refractivity contribution in [1.82, 2.24) is 4.90 Å². The van der Waals surface area contributed by atoms with Gasteiger partial charge in [0.1, 0.15) is 6.04 Å². The second-order valence-electron chi connectivity index (χ2n) is 4.18. The average molecular weight is 279 g/mol. The van der Waals surface area contributed by atoms with Crippen LogP contribution in [0.2, 0.25) is 0 Å². The highest BCUT2D eigenvalue weighted by Gasteiger charge is 2.21. The third kappa shape index (κ3) is 2.63. The number of piperidine rings is 1. The Morgan fingerprint density at radius 1 is 1.12 bits per heavy atom. The molecule has 0 aromatic heterocycles. The molecule has 0 spiro atoms. The van der Waals surface area contributed by atoms with Crippen LogP contribution in [0.15, 0.2) is 28.7 Å². The molecule has 3 heteroatoms. The van der Waals surface area contributed by atoms with Gasteiger partial charge in [-0.15, -0.1) is 0 Å². The van der Waals surface area contributed by atoms with Crippen LogP contribution in [0, 0.1) is 11.3 Å². The van der Waals surface area contributed by atoms with Gasteiger partial charge < -0.3 is 0 Å². The van der Waals surface area contributed by atoms with Gasteiger partial charge in [0.05, 0.1) is 6.07 Å². The lowest BCUT2D eigenvalue weighted by molar-refractivity contribution is 0.196. The molecule has 1 fully saturated rings. The van der Waals surface area contributed by atoms with Crippen molar-refractivity contribution in [2.24, 2.45) is 0 Å². The number of likely N-dealkylation sites (tertiary alicyclic amines) is 1. The summed E-state index contributed by atoms with van der Waals surface area (Å²) >= 11 is 3.42. The number of halogens is 1. The number of hydrogen-bond donors (Lipinski definition) is 0. The van der Waals surface area contributed by atoms with Crippen molar-refractivity contribution in [2.75, 3.05) is 13.1 Å². The average Bonchev–Trinajstić information content (AvgIpc) is 2.34. The Morgan fingerprint density at radius 3 is 2.31 bits per heavy atom. The smallest absolute Gasteiger partial charge is 0.123 e. The molecule has 0 aliphatic carbocycles. The minimum atomic E-state index is -0.0756. The Morgan fingerprint density at radius 2 is 1.75 bits per heavy atom. The van der Waals surface area contributed by atoms with E-state index in [1.54, 1.807) is 0 Å². The van der Waals surface area contributed by atoms with E-state index in [1.165, 1.54) is 19.3 Å². The van der Waals surface area contributed by atoms with Crippen molar-refractivity contribution in [1.29, 1.82) is 5.26 Å². The first kappa shape index (κ1) is 11.6. The van der Waals surface area contributed by atoms with Crippen LogP contribution in [-0.4, -0.2) is 18.0 Å². The SMILES string of the molecule is N#CC(c1ccc(Br)cc1)N1CCCCC1. The zero-order valence-electron chi connectivity index (χ0n) is 9.19. The van der Waals surface area contributed by atoms with Crippen LogP contribution >= 0.6 is 15.9 Å². The highest BCUT2D eigenvalue weighted by Crippen LogP contribution is 2.25. The molecule has 1 unspecified atom stereocenters. The second-order valence-corrected chi connectivity index (χ2v) is 5.10. The van der Waals surface area contributed by atoms with E-state index in [2.05, 4.69) is 26.9 Å². The number of nitrogens with zero attached hydrogens (tertiary/aromatic N) is 2. The monoisotopic (exact) mass is 278 g/mol. The predicted octanol–water partition coefficient (Wildman–Crippen LogP) is 3.50. The summed E-state index contributed by atoms with van der Waals surface area (Å²) in [6, 6.07) is 10.4. The second kappa shape index (κ2) is 5.47. The molecule has 1 saturated heterocycles. The fourth-order valence-electron chi connectivity index (χ4n) is 2.19. The van der Waals surface area contributed by atoms with E-state index in [-0.39, 0.29) is 6.04 Å². The van der Waals surface area contributed by atoms with E-state index in [9.17, 15) is 5.26 Å². The maximum absolute atomic E-state index is 9.30. The van der Waals surface area contributed by atoms with Gasteiger partial charge in [0, 0.05) is 4.47 Å². The number of benzene rings is 1. The highest BCUT2D eigenvalue weighted by atomic mass is 79.9. The summed E-state index contributed by atoms with van der Waals surface area (Å²) in [6.07, 6.45) is 3.73. The van der Waals surface area contributed by atoms with Gasteiger partial charge in [0.25, 0.3) is 0 Å². The van der Waals surface area contributed by atoms with Gasteiger partial charge in [-0.3, -0.25) is 4.90 Å². The Balaban J connectivity index is 2.15. The third-order valence-electron chi connectivity index (χ3n) is 3.06. The molecule has 0 radical (unpaired) electrons. The molecule has 2 rings (SSSR count). The van der Waals surface area contributed by atoms with Gasteiger partial charge in [0.15, 0.2) is 0 Å². The molecule has 1 heterocycles. The quantitative estimate of drug-likeness (QED) is 0.828. The van der Waals surface area contributed by atoms with Crippen molar-refractivity contribution in [2.45, 2.75) is 25.3 Å². The van der Waals surface area contributed by atoms with Crippen molar-refractivity contribution < 1.29 is 0 Å². The standard InChI is InChI=1S/C13H15BrN2/c14-12-6-4-11(5-7-12)13(10-15)16-8-2-1-3-9-16/h4-7,13H,1-3,8-9H2. The summed E-state index contributed by atoms with van der Waals surface area (Å²) in [5.74, 6) is 0. The van der Waals surface area contributed by atoms with Crippen LogP contribution < -0.4 is 0 Å². The lowest BCUT2D eigenvalue weighted by Crippen LogP contribution is -2.33. The van der Waals surface area contributed by atoms with Crippen molar-refractivity contribution in [3.05, 3.63) is 34.3 Å². The lowest BCUT2D eigenvalue weighted by Gasteiger charge is -2.30. The van der Waals surface area contributed by atoms with Gasteiger partial charge in [-0.05, 0) is 43.6 Å². The molecule has 0 amide bonds. The summed E-state index contributed by atoms with van der Waals surface area (Å²) in [5, 5.41) is 9.30. The number of rotatable bonds is 2. The molecule has 1 aliphatic heterocycles. The summed E-state index contributed by atoms with van der Waals surface area (Å²) in [6.45, 7) is 2.10. The largest absolute Gasteiger partial charge is 0.284 e. The molecule has 16 heavy (non-hydrogen) atoms. The first-order valence-corrected chi connectivity index (χ1v) is 6.49. The van der Waals surface area contributed by atoms with E-state index in [0.717, 1.165) is 23.1 Å². The minimum absolute atomic E-state index is 0.0756. The third-order valence-corrected chi connectivity index (χ3v) is 3.59. The van der Waals surface area contributed by atoms with Gasteiger partial charge in [0.2, 0.25) is 0 Å². The fourth-order valence-corrected chi connectivity index (χ4v) is 2.45. The normalized spacial score (nSPS) is 19.0. The topological polar surface area (TPSA) is 27.0 Å². The first-order valence-electron chi connectivity index (χ1n) is 5.70. The van der Waals surface area contributed by atoms with Crippen LogP contribution in [-0.2, 0) is 0 Å². The molecule has 0 N–H and O–H groups in total. The summed E-state index contributed by atoms with van der Waals surface area (Å²) < 4.78 is 1.06. The van der Waals surface area contributed by atoms with E-state index < -0.39 is 0 Å². The van der Waals surface area contributed by atoms with Gasteiger partial charge in [-0.1, -0.05) is 34.5 Å². The molecule has 1 atom stereocenters. The highest BCUT2D eigenvalue weighted by molar-refractivity contribution is 9.10. The maximum atomic E-state index is 9.30. The fraction of sp³-hybridized carbons (Fsp3) is 0.462. The van der Waals surface area contributed by atoms with Crippen molar-refractivity contribution in [3.63, 3.8) is 0 Å². The van der Waals surface area contributed by atoms with Crippen LogP contribution in [0.5, 0.6) is 0 Å². The molecule has 0 bridgehead atoms. The van der Waals surface area contributed by atoms with Crippen LogP contribution in [0.4, 0.5) is 0 Å². The van der Waals surface area contributed by atoms with Crippen molar-refractivity contribution >= 4 is 15.9 Å². The van der Waals surface area contributed by atoms with Gasteiger partial charge in [-0.25, -0.2) is 0 Å². The van der Waals surface area contributed by atoms with E-state index in [0.29, 0.717) is 0 Å². The molecular formula is C13H15BrN2. The number of nitriles is 1. The lowest BCUT2D eigenvalue weighted by atomic mass is 10.0. The Kier molecular flexibility index (Phi) is 3.98. The van der Waals surface area contributed by atoms with E-state index >= 15 is 0 Å². The zero-order valence-corrected chi connectivity index (χ0v) is 10.8. The Labute approximate surface area is 105 Å². The molecule has 1 aromatic carbocycles. The number of hydrogen-bond acceptors (Lipinski definition) is 2. The summed E-state index contributed by atoms with van der Waals surface area (Å²) in [5.41, 5.74) is 1.10. The molecular weight excluding hydrogens is 264 g/mol. The van der Waals surface area contributed by atoms with Crippen molar-refractivity contribution in [3.8, 4) is 6.07 Å². The predicted molar refractivity (Wildman–Crippen MR) is 67.9 cm³/mol. The zero-order chi connectivity index (χ0) is 11.4. The molecule has 2 nitrogen and oxygen atoms in total. The molecule has 1 aromatic rings. The van der Waals surface area contributed by atoms with Crippen LogP contribution in [0.25, 0.3) is 0 Å². The minimum Gasteiger partial charge on any atom is -0.284 e. The Bertz CT molecular complexity index is 374. The van der Waals surface area contributed by atoms with Crippen LogP contribution in [0.1, 0.15) is 30.9 Å². The van der Waals surface area contributed by atoms with E-state index in [4.69, 9.17) is 0 Å². The van der Waals surface area contributed by atoms with Crippen LogP contribution in [0.3, 0.4) is 0 Å². The molecule has 1 aliphatic rings. The van der Waals surface area contributed by atoms with Gasteiger partial charge in [-0.2, -0.15) is 5.26 Å². The first-order chi connectivity index (χ1) is 7.81. The van der Waals surface area contributed by atoms with E-state index in [1.807, 2.05) is 24.3 Å². The summed E-state index contributed by atoms with van der Waals surface area (Å²) in [4.78, 5) is 2.28. The maximum Gasteiger partial charge on any atom is 0.123 e. The summed E-state index contributed by atoms with van der Waals surface area (Å²) in [7, 11) is 0. The van der Waals surface area contributed by atoms with Gasteiger partial charge >= 0.3 is 0 Å². The molecule has 84 valence electrons. The molecule has 0 saturated carbocycles.